The lowest BCUT2D eigenvalue weighted by Gasteiger charge is -2.51. The highest BCUT2D eigenvalue weighted by molar-refractivity contribution is 5.01. The van der Waals surface area contributed by atoms with Crippen LogP contribution < -0.4 is 5.73 Å². The van der Waals surface area contributed by atoms with Crippen LogP contribution in [0.15, 0.2) is 0 Å². The Kier molecular flexibility index (Phi) is 5.46. The zero-order chi connectivity index (χ0) is 12.9. The van der Waals surface area contributed by atoms with Crippen LogP contribution in [-0.4, -0.2) is 17.3 Å². The van der Waals surface area contributed by atoms with Gasteiger partial charge >= 0.3 is 0 Å². The molecule has 1 aliphatic rings. The van der Waals surface area contributed by atoms with Gasteiger partial charge in [-0.3, -0.25) is 0 Å². The molecule has 1 rings (SSSR count). The molecule has 0 heterocycles. The highest BCUT2D eigenvalue weighted by Gasteiger charge is 2.49. The molecule has 0 amide bonds. The minimum absolute atomic E-state index is 0.0172. The van der Waals surface area contributed by atoms with Gasteiger partial charge in [0.15, 0.2) is 0 Å². The smallest absolute Gasteiger partial charge is 0.0715 e. The summed E-state index contributed by atoms with van der Waals surface area (Å²) in [6.45, 7) is 7.28. The highest BCUT2D eigenvalue weighted by Crippen LogP contribution is 2.49. The maximum Gasteiger partial charge on any atom is 0.0715 e. The van der Waals surface area contributed by atoms with E-state index in [2.05, 4.69) is 20.8 Å². The summed E-state index contributed by atoms with van der Waals surface area (Å²) in [4.78, 5) is 0. The van der Waals surface area contributed by atoms with Gasteiger partial charge in [0, 0.05) is 12.0 Å². The second kappa shape index (κ2) is 6.19. The maximum absolute atomic E-state index is 11.1. The summed E-state index contributed by atoms with van der Waals surface area (Å²) in [5.74, 6) is 0.715. The summed E-state index contributed by atoms with van der Waals surface area (Å²) in [5, 5.41) is 11.1. The third-order valence-electron chi connectivity index (χ3n) is 4.80. The summed E-state index contributed by atoms with van der Waals surface area (Å²) in [6.07, 6.45) is 8.67. The molecule has 2 heteroatoms. The van der Waals surface area contributed by atoms with E-state index in [1.54, 1.807) is 0 Å². The molecule has 0 aliphatic heterocycles. The van der Waals surface area contributed by atoms with Gasteiger partial charge in [-0.05, 0) is 31.6 Å². The topological polar surface area (TPSA) is 46.2 Å². The fourth-order valence-corrected chi connectivity index (χ4v) is 3.94. The zero-order valence-electron chi connectivity index (χ0n) is 12.0. The molecule has 0 aromatic heterocycles. The van der Waals surface area contributed by atoms with Gasteiger partial charge in [-0.2, -0.15) is 0 Å². The van der Waals surface area contributed by atoms with E-state index in [4.69, 9.17) is 5.73 Å². The molecule has 2 unspecified atom stereocenters. The van der Waals surface area contributed by atoms with Crippen LogP contribution in [0.1, 0.15) is 72.1 Å². The Morgan fingerprint density at radius 1 is 1.29 bits per heavy atom. The molecule has 102 valence electrons. The van der Waals surface area contributed by atoms with E-state index in [0.29, 0.717) is 12.5 Å². The van der Waals surface area contributed by atoms with Crippen LogP contribution in [0.3, 0.4) is 0 Å². The number of hydrogen-bond donors (Lipinski definition) is 2. The molecular formula is C15H31NO. The SMILES string of the molecule is CCCC(O)(CCC)C1(CN)CCCC(C)C1. The average molecular weight is 241 g/mol. The number of hydrogen-bond acceptors (Lipinski definition) is 2. The van der Waals surface area contributed by atoms with Crippen LogP contribution in [0.2, 0.25) is 0 Å². The van der Waals surface area contributed by atoms with Gasteiger partial charge in [0.2, 0.25) is 0 Å². The first-order chi connectivity index (χ1) is 8.03. The lowest BCUT2D eigenvalue weighted by atomic mass is 9.58. The lowest BCUT2D eigenvalue weighted by molar-refractivity contribution is -0.119. The predicted molar refractivity (Wildman–Crippen MR) is 73.9 cm³/mol. The van der Waals surface area contributed by atoms with Crippen molar-refractivity contribution in [2.75, 3.05) is 6.54 Å². The van der Waals surface area contributed by atoms with Crippen LogP contribution in [0.4, 0.5) is 0 Å². The first-order valence-corrected chi connectivity index (χ1v) is 7.46. The van der Waals surface area contributed by atoms with Gasteiger partial charge < -0.3 is 10.8 Å². The van der Waals surface area contributed by atoms with Crippen molar-refractivity contribution in [3.05, 3.63) is 0 Å². The van der Waals surface area contributed by atoms with E-state index in [1.807, 2.05) is 0 Å². The normalized spacial score (nSPS) is 30.5. The van der Waals surface area contributed by atoms with Crippen LogP contribution in [-0.2, 0) is 0 Å². The van der Waals surface area contributed by atoms with Gasteiger partial charge in [0.25, 0.3) is 0 Å². The third kappa shape index (κ3) is 3.03. The monoisotopic (exact) mass is 241 g/mol. The molecule has 0 aromatic carbocycles. The Hall–Kier alpha value is -0.0800. The first kappa shape index (κ1) is 15.0. The minimum Gasteiger partial charge on any atom is -0.389 e. The molecule has 17 heavy (non-hydrogen) atoms. The molecule has 1 aliphatic carbocycles. The van der Waals surface area contributed by atoms with Crippen molar-refractivity contribution in [3.8, 4) is 0 Å². The summed E-state index contributed by atoms with van der Waals surface area (Å²) in [7, 11) is 0. The largest absolute Gasteiger partial charge is 0.389 e. The fraction of sp³-hybridized carbons (Fsp3) is 1.00. The molecule has 1 saturated carbocycles. The molecule has 2 nitrogen and oxygen atoms in total. The fourth-order valence-electron chi connectivity index (χ4n) is 3.94. The van der Waals surface area contributed by atoms with Crippen molar-refractivity contribution < 1.29 is 5.11 Å². The van der Waals surface area contributed by atoms with Crippen molar-refractivity contribution in [1.82, 2.24) is 0 Å². The predicted octanol–water partition coefficient (Wildman–Crippen LogP) is 3.47. The molecule has 3 N–H and O–H groups in total. The van der Waals surface area contributed by atoms with Crippen LogP contribution in [0.25, 0.3) is 0 Å². The van der Waals surface area contributed by atoms with E-state index in [0.717, 1.165) is 38.5 Å². The van der Waals surface area contributed by atoms with E-state index in [-0.39, 0.29) is 5.41 Å². The van der Waals surface area contributed by atoms with E-state index < -0.39 is 5.60 Å². The molecule has 0 saturated heterocycles. The molecule has 0 spiro atoms. The summed E-state index contributed by atoms with van der Waals surface area (Å²) >= 11 is 0. The number of rotatable bonds is 6. The van der Waals surface area contributed by atoms with E-state index in [9.17, 15) is 5.11 Å². The maximum atomic E-state index is 11.1. The Morgan fingerprint density at radius 3 is 2.29 bits per heavy atom. The summed E-state index contributed by atoms with van der Waals surface area (Å²) in [6, 6.07) is 0. The van der Waals surface area contributed by atoms with Crippen molar-refractivity contribution >= 4 is 0 Å². The minimum atomic E-state index is -0.528. The quantitative estimate of drug-likeness (QED) is 0.748. The number of aliphatic hydroxyl groups is 1. The molecule has 1 fully saturated rings. The molecule has 0 bridgehead atoms. The number of nitrogens with two attached hydrogens (primary N) is 1. The second-order valence-electron chi connectivity index (χ2n) is 6.22. The first-order valence-electron chi connectivity index (χ1n) is 7.46. The average Bonchev–Trinajstić information content (AvgIpc) is 2.29. The standard InChI is InChI=1S/C15H31NO/c1-4-8-15(17,9-5-2)14(12-16)10-6-7-13(3)11-14/h13,17H,4-12,16H2,1-3H3. The van der Waals surface area contributed by atoms with Gasteiger partial charge in [0.05, 0.1) is 5.60 Å². The Labute approximate surface area is 107 Å². The Morgan fingerprint density at radius 2 is 1.88 bits per heavy atom. The van der Waals surface area contributed by atoms with E-state index in [1.165, 1.54) is 12.8 Å². The summed E-state index contributed by atoms with van der Waals surface area (Å²) < 4.78 is 0. The Bertz CT molecular complexity index is 223. The highest BCUT2D eigenvalue weighted by atomic mass is 16.3. The van der Waals surface area contributed by atoms with Crippen LogP contribution in [0.5, 0.6) is 0 Å². The molecule has 2 atom stereocenters. The van der Waals surface area contributed by atoms with E-state index >= 15 is 0 Å². The van der Waals surface area contributed by atoms with Crippen molar-refractivity contribution in [3.63, 3.8) is 0 Å². The zero-order valence-corrected chi connectivity index (χ0v) is 12.0. The molecule has 0 aromatic rings. The van der Waals surface area contributed by atoms with Gasteiger partial charge in [-0.15, -0.1) is 0 Å². The molecular weight excluding hydrogens is 210 g/mol. The third-order valence-corrected chi connectivity index (χ3v) is 4.80. The van der Waals surface area contributed by atoms with Crippen LogP contribution >= 0.6 is 0 Å². The lowest BCUT2D eigenvalue weighted by Crippen LogP contribution is -2.54. The molecule has 0 radical (unpaired) electrons. The van der Waals surface area contributed by atoms with Gasteiger partial charge in [-0.1, -0.05) is 46.5 Å². The van der Waals surface area contributed by atoms with Crippen molar-refractivity contribution in [2.45, 2.75) is 77.7 Å². The van der Waals surface area contributed by atoms with Gasteiger partial charge in [0.1, 0.15) is 0 Å². The van der Waals surface area contributed by atoms with Crippen molar-refractivity contribution in [2.24, 2.45) is 17.1 Å². The van der Waals surface area contributed by atoms with Crippen LogP contribution in [0, 0.1) is 11.3 Å². The van der Waals surface area contributed by atoms with Gasteiger partial charge in [-0.25, -0.2) is 0 Å². The summed E-state index contributed by atoms with van der Waals surface area (Å²) in [5.41, 5.74) is 5.54. The van der Waals surface area contributed by atoms with Crippen molar-refractivity contribution in [1.29, 1.82) is 0 Å². The second-order valence-corrected chi connectivity index (χ2v) is 6.22. The Balaban J connectivity index is 2.93.